The van der Waals surface area contributed by atoms with Crippen molar-refractivity contribution in [3.63, 3.8) is 0 Å². The van der Waals surface area contributed by atoms with Gasteiger partial charge in [0.25, 0.3) is 0 Å². The summed E-state index contributed by atoms with van der Waals surface area (Å²) in [5, 5.41) is 2.11. The van der Waals surface area contributed by atoms with E-state index in [4.69, 9.17) is 0 Å². The Kier molecular flexibility index (Phi) is 3.50. The Morgan fingerprint density at radius 2 is 2.28 bits per heavy atom. The molecule has 1 aromatic heterocycles. The second-order valence-electron chi connectivity index (χ2n) is 5.19. The van der Waals surface area contributed by atoms with E-state index in [0.29, 0.717) is 11.9 Å². The average molecular weight is 261 g/mol. The molecule has 0 saturated carbocycles. The maximum Gasteiger partial charge on any atom is 0.226 e. The van der Waals surface area contributed by atoms with E-state index in [1.807, 2.05) is 0 Å². The molecule has 0 spiro atoms. The normalized spacial score (nSPS) is 27.7. The summed E-state index contributed by atoms with van der Waals surface area (Å²) in [7, 11) is 0. The Labute approximate surface area is 112 Å². The molecule has 1 saturated heterocycles. The van der Waals surface area contributed by atoms with Gasteiger partial charge in [-0.25, -0.2) is 0 Å². The van der Waals surface area contributed by atoms with Gasteiger partial charge in [0.05, 0.1) is 6.04 Å². The number of likely N-dealkylation sites (tertiary alicyclic amines) is 1. The molecule has 0 bridgehead atoms. The van der Waals surface area contributed by atoms with Crippen LogP contribution < -0.4 is 0 Å². The van der Waals surface area contributed by atoms with Gasteiger partial charge in [0.2, 0.25) is 5.91 Å². The van der Waals surface area contributed by atoms with Crippen LogP contribution in [0, 0.1) is 5.92 Å². The topological polar surface area (TPSA) is 20.3 Å². The zero-order chi connectivity index (χ0) is 12.4. The fraction of sp³-hybridized carbons (Fsp3) is 0.533. The molecule has 0 N–H and O–H groups in total. The summed E-state index contributed by atoms with van der Waals surface area (Å²) in [5.74, 6) is 0.616. The predicted octanol–water partition coefficient (Wildman–Crippen LogP) is 3.77. The zero-order valence-electron chi connectivity index (χ0n) is 10.5. The largest absolute Gasteiger partial charge is 0.335 e. The molecule has 3 rings (SSSR count). The summed E-state index contributed by atoms with van der Waals surface area (Å²) in [6.07, 6.45) is 9.68. The lowest BCUT2D eigenvalue weighted by atomic mass is 9.93. The van der Waals surface area contributed by atoms with E-state index in [1.165, 1.54) is 4.88 Å². The molecular weight excluding hydrogens is 242 g/mol. The van der Waals surface area contributed by atoms with Gasteiger partial charge in [0.1, 0.15) is 0 Å². The molecule has 0 radical (unpaired) electrons. The summed E-state index contributed by atoms with van der Waals surface area (Å²) in [5.41, 5.74) is 0. The summed E-state index contributed by atoms with van der Waals surface area (Å²) in [6.45, 7) is 0.946. The predicted molar refractivity (Wildman–Crippen MR) is 74.5 cm³/mol. The standard InChI is InChI=1S/C15H19NOS/c17-15(12-6-2-1-3-7-12)16-10-4-8-13(16)14-9-5-11-18-14/h1-2,5,9,11-13H,3-4,6-8,10H2. The smallest absolute Gasteiger partial charge is 0.226 e. The minimum absolute atomic E-state index is 0.232. The van der Waals surface area contributed by atoms with E-state index in [-0.39, 0.29) is 5.92 Å². The molecule has 96 valence electrons. The van der Waals surface area contributed by atoms with Gasteiger partial charge in [-0.2, -0.15) is 0 Å². The monoisotopic (exact) mass is 261 g/mol. The van der Waals surface area contributed by atoms with Crippen LogP contribution in [0.15, 0.2) is 29.7 Å². The third-order valence-corrected chi connectivity index (χ3v) is 5.00. The zero-order valence-corrected chi connectivity index (χ0v) is 11.4. The number of carbonyl (C=O) groups is 1. The highest BCUT2D eigenvalue weighted by molar-refractivity contribution is 7.10. The Balaban J connectivity index is 1.74. The molecule has 18 heavy (non-hydrogen) atoms. The van der Waals surface area contributed by atoms with Crippen LogP contribution in [0.3, 0.4) is 0 Å². The fourth-order valence-electron chi connectivity index (χ4n) is 3.06. The molecule has 2 heterocycles. The van der Waals surface area contributed by atoms with Crippen molar-refractivity contribution in [3.05, 3.63) is 34.5 Å². The van der Waals surface area contributed by atoms with Crippen molar-refractivity contribution in [1.29, 1.82) is 0 Å². The lowest BCUT2D eigenvalue weighted by Gasteiger charge is -2.29. The van der Waals surface area contributed by atoms with Crippen LogP contribution >= 0.6 is 11.3 Å². The van der Waals surface area contributed by atoms with Crippen molar-refractivity contribution in [2.24, 2.45) is 5.92 Å². The molecule has 3 heteroatoms. The SMILES string of the molecule is O=C(C1CC=CCC1)N1CCCC1c1cccs1. The van der Waals surface area contributed by atoms with Crippen molar-refractivity contribution in [2.75, 3.05) is 6.54 Å². The average Bonchev–Trinajstić information content (AvgIpc) is 3.09. The molecule has 2 nitrogen and oxygen atoms in total. The van der Waals surface area contributed by atoms with E-state index >= 15 is 0 Å². The Morgan fingerprint density at radius 1 is 1.33 bits per heavy atom. The number of amides is 1. The third kappa shape index (κ3) is 2.24. The number of nitrogens with zero attached hydrogens (tertiary/aromatic N) is 1. The van der Waals surface area contributed by atoms with Crippen LogP contribution in [0.1, 0.15) is 43.0 Å². The lowest BCUT2D eigenvalue weighted by molar-refractivity contribution is -0.136. The first-order valence-electron chi connectivity index (χ1n) is 6.85. The van der Waals surface area contributed by atoms with Gasteiger partial charge in [0.15, 0.2) is 0 Å². The molecular formula is C15H19NOS. The van der Waals surface area contributed by atoms with E-state index in [1.54, 1.807) is 11.3 Å². The van der Waals surface area contributed by atoms with Crippen LogP contribution in [0.5, 0.6) is 0 Å². The lowest BCUT2D eigenvalue weighted by Crippen LogP contribution is -2.35. The Morgan fingerprint density at radius 3 is 3.00 bits per heavy atom. The van der Waals surface area contributed by atoms with Gasteiger partial charge >= 0.3 is 0 Å². The first-order valence-corrected chi connectivity index (χ1v) is 7.73. The summed E-state index contributed by atoms with van der Waals surface area (Å²) in [6, 6.07) is 4.61. The number of carbonyl (C=O) groups excluding carboxylic acids is 1. The van der Waals surface area contributed by atoms with Crippen molar-refractivity contribution < 1.29 is 4.79 Å². The molecule has 1 aromatic rings. The molecule has 0 aromatic carbocycles. The van der Waals surface area contributed by atoms with Gasteiger partial charge in [-0.3, -0.25) is 4.79 Å². The van der Waals surface area contributed by atoms with E-state index in [9.17, 15) is 4.79 Å². The van der Waals surface area contributed by atoms with E-state index < -0.39 is 0 Å². The molecule has 2 atom stereocenters. The third-order valence-electron chi connectivity index (χ3n) is 4.03. The summed E-state index contributed by atoms with van der Waals surface area (Å²) in [4.78, 5) is 16.1. The first-order chi connectivity index (χ1) is 8.86. The number of allylic oxidation sites excluding steroid dienone is 2. The van der Waals surface area contributed by atoms with Crippen LogP contribution in [-0.2, 0) is 4.79 Å². The van der Waals surface area contributed by atoms with Crippen molar-refractivity contribution in [1.82, 2.24) is 4.90 Å². The minimum Gasteiger partial charge on any atom is -0.335 e. The highest BCUT2D eigenvalue weighted by Gasteiger charge is 2.34. The maximum absolute atomic E-state index is 12.6. The van der Waals surface area contributed by atoms with E-state index in [0.717, 1.165) is 38.6 Å². The Bertz CT molecular complexity index is 437. The molecule has 1 amide bonds. The van der Waals surface area contributed by atoms with Gasteiger partial charge in [-0.05, 0) is 43.6 Å². The second-order valence-corrected chi connectivity index (χ2v) is 6.17. The number of hydrogen-bond acceptors (Lipinski definition) is 2. The quantitative estimate of drug-likeness (QED) is 0.742. The molecule has 2 unspecified atom stereocenters. The van der Waals surface area contributed by atoms with E-state index in [2.05, 4.69) is 34.6 Å². The van der Waals surface area contributed by atoms with Crippen LogP contribution in [0.4, 0.5) is 0 Å². The fourth-order valence-corrected chi connectivity index (χ4v) is 3.93. The molecule has 2 aliphatic rings. The van der Waals surface area contributed by atoms with Gasteiger partial charge in [-0.15, -0.1) is 11.3 Å². The van der Waals surface area contributed by atoms with Gasteiger partial charge in [-0.1, -0.05) is 18.2 Å². The maximum atomic E-state index is 12.6. The van der Waals surface area contributed by atoms with Crippen LogP contribution in [-0.4, -0.2) is 17.4 Å². The molecule has 1 aliphatic heterocycles. The van der Waals surface area contributed by atoms with Crippen LogP contribution in [0.25, 0.3) is 0 Å². The Hall–Kier alpha value is -1.09. The summed E-state index contributed by atoms with van der Waals surface area (Å²) < 4.78 is 0. The number of rotatable bonds is 2. The minimum atomic E-state index is 0.232. The molecule has 1 fully saturated rings. The van der Waals surface area contributed by atoms with Gasteiger partial charge < -0.3 is 4.90 Å². The van der Waals surface area contributed by atoms with Gasteiger partial charge in [0, 0.05) is 17.3 Å². The number of hydrogen-bond donors (Lipinski definition) is 0. The molecule has 1 aliphatic carbocycles. The second kappa shape index (κ2) is 5.27. The first kappa shape index (κ1) is 12.0. The van der Waals surface area contributed by atoms with Crippen LogP contribution in [0.2, 0.25) is 0 Å². The van der Waals surface area contributed by atoms with Crippen molar-refractivity contribution in [3.8, 4) is 0 Å². The van der Waals surface area contributed by atoms with Crippen molar-refractivity contribution >= 4 is 17.2 Å². The summed E-state index contributed by atoms with van der Waals surface area (Å²) >= 11 is 1.78. The van der Waals surface area contributed by atoms with Crippen molar-refractivity contribution in [2.45, 2.75) is 38.1 Å². The highest BCUT2D eigenvalue weighted by atomic mass is 32.1. The highest BCUT2D eigenvalue weighted by Crippen LogP contribution is 2.36. The number of thiophene rings is 1.